The molecule has 0 aliphatic heterocycles. The second-order valence-electron chi connectivity index (χ2n) is 4.91. The lowest BCUT2D eigenvalue weighted by Gasteiger charge is -2.19. The van der Waals surface area contributed by atoms with Gasteiger partial charge >= 0.3 is 0 Å². The average molecular weight is 236 g/mol. The third kappa shape index (κ3) is 1.97. The maximum atomic E-state index is 12.2. The highest BCUT2D eigenvalue weighted by Crippen LogP contribution is 2.43. The molecule has 2 atom stereocenters. The van der Waals surface area contributed by atoms with E-state index in [1.807, 2.05) is 24.3 Å². The van der Waals surface area contributed by atoms with Gasteiger partial charge in [0.15, 0.2) is 0 Å². The van der Waals surface area contributed by atoms with Crippen molar-refractivity contribution in [1.82, 2.24) is 0 Å². The molecule has 3 rings (SSSR count). The van der Waals surface area contributed by atoms with E-state index < -0.39 is 0 Å². The standard InChI is InChI=1S/C17H16O/c18-16-12-11-15(13-7-3-1-4-8-13)17(16)14-9-5-2-6-10-14/h1-10,15,17H,11-12H2/t15-,17-/m1/s1. The van der Waals surface area contributed by atoms with E-state index in [0.717, 1.165) is 12.0 Å². The molecule has 1 aliphatic carbocycles. The zero-order chi connectivity index (χ0) is 12.4. The van der Waals surface area contributed by atoms with E-state index in [4.69, 9.17) is 0 Å². The third-order valence-electron chi connectivity index (χ3n) is 3.84. The monoisotopic (exact) mass is 236 g/mol. The van der Waals surface area contributed by atoms with Gasteiger partial charge in [-0.15, -0.1) is 0 Å². The molecule has 0 bridgehead atoms. The molecule has 0 radical (unpaired) electrons. The van der Waals surface area contributed by atoms with E-state index in [2.05, 4.69) is 36.4 Å². The van der Waals surface area contributed by atoms with E-state index in [-0.39, 0.29) is 5.92 Å². The van der Waals surface area contributed by atoms with E-state index in [1.165, 1.54) is 5.56 Å². The first-order valence-electron chi connectivity index (χ1n) is 6.49. The van der Waals surface area contributed by atoms with Crippen LogP contribution >= 0.6 is 0 Å². The predicted molar refractivity (Wildman–Crippen MR) is 72.6 cm³/mol. The lowest BCUT2D eigenvalue weighted by Crippen LogP contribution is -2.11. The summed E-state index contributed by atoms with van der Waals surface area (Å²) >= 11 is 0. The molecule has 1 heteroatoms. The Balaban J connectivity index is 1.98. The minimum atomic E-state index is 0.0496. The number of hydrogen-bond donors (Lipinski definition) is 0. The van der Waals surface area contributed by atoms with Crippen LogP contribution in [0.25, 0.3) is 0 Å². The number of carbonyl (C=O) groups is 1. The Labute approximate surface area is 107 Å². The van der Waals surface area contributed by atoms with Gasteiger partial charge in [0, 0.05) is 12.3 Å². The molecule has 1 nitrogen and oxygen atoms in total. The highest BCUT2D eigenvalue weighted by Gasteiger charge is 2.36. The van der Waals surface area contributed by atoms with Gasteiger partial charge in [-0.3, -0.25) is 4.79 Å². The number of hydrogen-bond acceptors (Lipinski definition) is 1. The Morgan fingerprint density at radius 1 is 0.778 bits per heavy atom. The Morgan fingerprint density at radius 2 is 1.33 bits per heavy atom. The van der Waals surface area contributed by atoms with E-state index in [0.29, 0.717) is 18.1 Å². The fourth-order valence-electron chi connectivity index (χ4n) is 2.98. The Hall–Kier alpha value is -1.89. The van der Waals surface area contributed by atoms with Gasteiger partial charge in [0.05, 0.1) is 0 Å². The summed E-state index contributed by atoms with van der Waals surface area (Å²) in [6.45, 7) is 0. The summed E-state index contributed by atoms with van der Waals surface area (Å²) < 4.78 is 0. The van der Waals surface area contributed by atoms with Crippen LogP contribution in [-0.4, -0.2) is 5.78 Å². The maximum absolute atomic E-state index is 12.2. The van der Waals surface area contributed by atoms with Crippen LogP contribution in [0.2, 0.25) is 0 Å². The molecule has 1 saturated carbocycles. The summed E-state index contributed by atoms with van der Waals surface area (Å²) in [5.74, 6) is 0.782. The quantitative estimate of drug-likeness (QED) is 0.772. The predicted octanol–water partition coefficient (Wildman–Crippen LogP) is 3.92. The van der Waals surface area contributed by atoms with Gasteiger partial charge in [-0.25, -0.2) is 0 Å². The van der Waals surface area contributed by atoms with Gasteiger partial charge in [-0.05, 0) is 23.5 Å². The van der Waals surface area contributed by atoms with E-state index >= 15 is 0 Å². The van der Waals surface area contributed by atoms with Crippen molar-refractivity contribution in [1.29, 1.82) is 0 Å². The van der Waals surface area contributed by atoms with Crippen LogP contribution < -0.4 is 0 Å². The average Bonchev–Trinajstić information content (AvgIpc) is 2.83. The summed E-state index contributed by atoms with van der Waals surface area (Å²) in [6, 6.07) is 20.6. The molecular weight excluding hydrogens is 220 g/mol. The number of ketones is 1. The zero-order valence-electron chi connectivity index (χ0n) is 10.3. The van der Waals surface area contributed by atoms with Crippen LogP contribution in [0.3, 0.4) is 0 Å². The number of rotatable bonds is 2. The van der Waals surface area contributed by atoms with Crippen molar-refractivity contribution in [3.8, 4) is 0 Å². The Morgan fingerprint density at radius 3 is 1.94 bits per heavy atom. The fourth-order valence-corrected chi connectivity index (χ4v) is 2.98. The number of Topliss-reactive ketones (excluding diaryl/α,β-unsaturated/α-hetero) is 1. The summed E-state index contributed by atoms with van der Waals surface area (Å²) in [4.78, 5) is 12.2. The number of carbonyl (C=O) groups excluding carboxylic acids is 1. The molecule has 0 amide bonds. The van der Waals surface area contributed by atoms with Crippen LogP contribution in [0.4, 0.5) is 0 Å². The van der Waals surface area contributed by atoms with Gasteiger partial charge in [0.2, 0.25) is 0 Å². The SMILES string of the molecule is O=C1CC[C@H](c2ccccc2)[C@H]1c1ccccc1. The second kappa shape index (κ2) is 4.77. The first kappa shape index (κ1) is 11.2. The van der Waals surface area contributed by atoms with Crippen molar-refractivity contribution in [3.05, 3.63) is 71.8 Å². The van der Waals surface area contributed by atoms with E-state index in [9.17, 15) is 4.79 Å². The molecule has 1 fully saturated rings. The highest BCUT2D eigenvalue weighted by molar-refractivity contribution is 5.89. The summed E-state index contributed by atoms with van der Waals surface area (Å²) in [5.41, 5.74) is 2.45. The lowest BCUT2D eigenvalue weighted by atomic mass is 9.84. The summed E-state index contributed by atoms with van der Waals surface area (Å²) in [7, 11) is 0. The molecule has 90 valence electrons. The fraction of sp³-hybridized carbons (Fsp3) is 0.235. The van der Waals surface area contributed by atoms with Crippen LogP contribution in [0.15, 0.2) is 60.7 Å². The molecule has 0 spiro atoms. The lowest BCUT2D eigenvalue weighted by molar-refractivity contribution is -0.118. The Kier molecular flexibility index (Phi) is 2.97. The molecule has 0 N–H and O–H groups in total. The van der Waals surface area contributed by atoms with Crippen molar-refractivity contribution < 1.29 is 4.79 Å². The molecular formula is C17H16O. The van der Waals surface area contributed by atoms with Crippen LogP contribution in [0.1, 0.15) is 35.8 Å². The second-order valence-corrected chi connectivity index (χ2v) is 4.91. The molecule has 18 heavy (non-hydrogen) atoms. The smallest absolute Gasteiger partial charge is 0.140 e. The molecule has 0 unspecified atom stereocenters. The zero-order valence-corrected chi connectivity index (χ0v) is 10.3. The van der Waals surface area contributed by atoms with Gasteiger partial charge in [-0.1, -0.05) is 60.7 Å². The Bertz CT molecular complexity index is 530. The largest absolute Gasteiger partial charge is 0.299 e. The van der Waals surface area contributed by atoms with Gasteiger partial charge in [0.1, 0.15) is 5.78 Å². The van der Waals surface area contributed by atoms with Gasteiger partial charge in [-0.2, -0.15) is 0 Å². The van der Waals surface area contributed by atoms with Crippen molar-refractivity contribution in [2.45, 2.75) is 24.7 Å². The first-order valence-corrected chi connectivity index (χ1v) is 6.49. The van der Waals surface area contributed by atoms with Crippen LogP contribution in [0.5, 0.6) is 0 Å². The van der Waals surface area contributed by atoms with Crippen LogP contribution in [-0.2, 0) is 4.79 Å². The van der Waals surface area contributed by atoms with Gasteiger partial charge in [0.25, 0.3) is 0 Å². The summed E-state index contributed by atoms with van der Waals surface area (Å²) in [5, 5.41) is 0. The van der Waals surface area contributed by atoms with Crippen molar-refractivity contribution in [3.63, 3.8) is 0 Å². The minimum Gasteiger partial charge on any atom is -0.299 e. The molecule has 2 aromatic rings. The molecule has 1 aliphatic rings. The topological polar surface area (TPSA) is 17.1 Å². The molecule has 0 heterocycles. The molecule has 2 aromatic carbocycles. The molecule has 0 aromatic heterocycles. The number of benzene rings is 2. The summed E-state index contributed by atoms with van der Waals surface area (Å²) in [6.07, 6.45) is 1.68. The molecule has 0 saturated heterocycles. The third-order valence-corrected chi connectivity index (χ3v) is 3.84. The normalized spacial score (nSPS) is 23.2. The maximum Gasteiger partial charge on any atom is 0.140 e. The highest BCUT2D eigenvalue weighted by atomic mass is 16.1. The van der Waals surface area contributed by atoms with E-state index in [1.54, 1.807) is 0 Å². The van der Waals surface area contributed by atoms with Crippen LogP contribution in [0, 0.1) is 0 Å². The van der Waals surface area contributed by atoms with Crippen molar-refractivity contribution >= 4 is 5.78 Å². The van der Waals surface area contributed by atoms with Gasteiger partial charge < -0.3 is 0 Å². The first-order chi connectivity index (χ1) is 8.86. The minimum absolute atomic E-state index is 0.0496. The van der Waals surface area contributed by atoms with Crippen molar-refractivity contribution in [2.24, 2.45) is 0 Å². The van der Waals surface area contributed by atoms with Crippen molar-refractivity contribution in [2.75, 3.05) is 0 Å².